The van der Waals surface area contributed by atoms with E-state index >= 15 is 0 Å². The SMILES string of the molecule is O=P(F)(F)O[B]F.[H-].[Li+]. The first-order valence-corrected chi connectivity index (χ1v) is 2.56. The van der Waals surface area contributed by atoms with Crippen molar-refractivity contribution in [2.24, 2.45) is 0 Å². The Morgan fingerprint density at radius 1 is 1.62 bits per heavy atom. The predicted octanol–water partition coefficient (Wildman–Crippen LogP) is -1.33. The molecule has 43 valence electrons. The largest absolute Gasteiger partial charge is 1.00 e. The topological polar surface area (TPSA) is 26.3 Å². The second-order valence-corrected chi connectivity index (χ2v) is 1.65. The number of rotatable bonds is 2. The molecule has 0 spiro atoms. The molecule has 2 nitrogen and oxygen atoms in total. The summed E-state index contributed by atoms with van der Waals surface area (Å²) in [5.74, 6) is 0. The van der Waals surface area contributed by atoms with Crippen molar-refractivity contribution in [2.45, 2.75) is 0 Å². The van der Waals surface area contributed by atoms with Gasteiger partial charge in [0, 0.05) is 0 Å². The molecule has 0 saturated heterocycles. The summed E-state index contributed by atoms with van der Waals surface area (Å²) in [6.07, 6.45) is 0. The van der Waals surface area contributed by atoms with E-state index in [2.05, 4.69) is 4.44 Å². The zero-order valence-corrected chi connectivity index (χ0v) is 4.87. The van der Waals surface area contributed by atoms with Gasteiger partial charge in [-0.3, -0.25) is 4.32 Å². The average Bonchev–Trinajstić information content (AvgIpc) is 1.30. The van der Waals surface area contributed by atoms with Gasteiger partial charge >= 0.3 is 34.6 Å². The van der Waals surface area contributed by atoms with Gasteiger partial charge in [-0.15, -0.1) is 8.39 Å². The first-order chi connectivity index (χ1) is 3.06. The van der Waals surface area contributed by atoms with Crippen LogP contribution in [-0.4, -0.2) is 7.76 Å². The van der Waals surface area contributed by atoms with Gasteiger partial charge in [-0.25, -0.2) is 4.57 Å². The van der Waals surface area contributed by atoms with Crippen LogP contribution >= 0.6 is 7.99 Å². The minimum atomic E-state index is -5.60. The Morgan fingerprint density at radius 2 is 2.00 bits per heavy atom. The van der Waals surface area contributed by atoms with Crippen molar-refractivity contribution >= 4 is 15.7 Å². The van der Waals surface area contributed by atoms with E-state index < -0.39 is 15.7 Å². The monoisotopic (exact) mass is 139 g/mol. The molecule has 0 unspecified atom stereocenters. The van der Waals surface area contributed by atoms with Crippen LogP contribution in [0.5, 0.6) is 0 Å². The molecular weight excluding hydrogens is 138 g/mol. The van der Waals surface area contributed by atoms with Gasteiger partial charge in [-0.2, -0.15) is 0 Å². The van der Waals surface area contributed by atoms with Gasteiger partial charge < -0.3 is 5.87 Å². The van der Waals surface area contributed by atoms with E-state index in [0.29, 0.717) is 0 Å². The molecule has 8 heavy (non-hydrogen) atoms. The third-order valence-electron chi connectivity index (χ3n) is 0.163. The Labute approximate surface area is 58.5 Å². The Kier molecular flexibility index (Phi) is 6.46. The molecule has 0 atom stereocenters. The third-order valence-corrected chi connectivity index (χ3v) is 0.488. The summed E-state index contributed by atoms with van der Waals surface area (Å²) >= 11 is 0. The zero-order valence-electron chi connectivity index (χ0n) is 4.97. The molecular formula is HBF3LiO2P. The predicted molar refractivity (Wildman–Crippen MR) is 18.9 cm³/mol. The van der Waals surface area contributed by atoms with Gasteiger partial charge in [0.15, 0.2) is 0 Å². The van der Waals surface area contributed by atoms with Crippen molar-refractivity contribution in [2.75, 3.05) is 0 Å². The molecule has 0 aliphatic rings. The van der Waals surface area contributed by atoms with Gasteiger partial charge in [0.05, 0.1) is 0 Å². The summed E-state index contributed by atoms with van der Waals surface area (Å²) in [5, 5.41) is 0. The summed E-state index contributed by atoms with van der Waals surface area (Å²) < 4.78 is 43.7. The molecule has 0 aromatic rings. The summed E-state index contributed by atoms with van der Waals surface area (Å²) in [6.45, 7) is 0. The van der Waals surface area contributed by atoms with Crippen molar-refractivity contribution in [3.63, 3.8) is 0 Å². The number of halogens is 3. The second kappa shape index (κ2) is 4.51. The van der Waals surface area contributed by atoms with E-state index in [-0.39, 0.29) is 20.3 Å². The Hall–Kier alpha value is 0.642. The van der Waals surface area contributed by atoms with Crippen molar-refractivity contribution < 1.29 is 42.0 Å². The number of hydrogen-bond acceptors (Lipinski definition) is 2. The molecule has 0 N–H and O–H groups in total. The van der Waals surface area contributed by atoms with E-state index in [1.807, 2.05) is 0 Å². The molecule has 8 heteroatoms. The van der Waals surface area contributed by atoms with Crippen LogP contribution in [0, 0.1) is 0 Å². The van der Waals surface area contributed by atoms with Gasteiger partial charge in [0.1, 0.15) is 0 Å². The van der Waals surface area contributed by atoms with Crippen molar-refractivity contribution in [3.05, 3.63) is 0 Å². The standard InChI is InChI=1S/BF3O2P.Li.H/c2-1-6-7(3,4)5;;/q;+1;-1. The molecule has 0 heterocycles. The van der Waals surface area contributed by atoms with Gasteiger partial charge in [0.2, 0.25) is 0 Å². The molecule has 0 aliphatic carbocycles. The fourth-order valence-electron chi connectivity index (χ4n) is 0.0464. The van der Waals surface area contributed by atoms with Crippen LogP contribution in [0.3, 0.4) is 0 Å². The maximum Gasteiger partial charge on any atom is 1.00 e. The van der Waals surface area contributed by atoms with Crippen LogP contribution in [0.15, 0.2) is 0 Å². The summed E-state index contributed by atoms with van der Waals surface area (Å²) in [5.41, 5.74) is 0. The first-order valence-electron chi connectivity index (χ1n) is 1.16. The summed E-state index contributed by atoms with van der Waals surface area (Å²) in [6, 6.07) is 0. The van der Waals surface area contributed by atoms with E-state index in [1.54, 1.807) is 0 Å². The Bertz CT molecular complexity index is 95.8. The van der Waals surface area contributed by atoms with Gasteiger partial charge in [-0.1, -0.05) is 0 Å². The quantitative estimate of drug-likeness (QED) is 0.349. The number of hydrogen-bond donors (Lipinski definition) is 0. The molecule has 0 aromatic heterocycles. The minimum absolute atomic E-state index is 0. The molecule has 0 amide bonds. The maximum absolute atomic E-state index is 10.8. The second-order valence-electron chi connectivity index (χ2n) is 0.609. The molecule has 0 bridgehead atoms. The Balaban J connectivity index is -0.000000180. The minimum Gasteiger partial charge on any atom is -1.00 e. The van der Waals surface area contributed by atoms with E-state index in [1.165, 1.54) is 0 Å². The van der Waals surface area contributed by atoms with E-state index in [4.69, 9.17) is 4.57 Å². The van der Waals surface area contributed by atoms with Crippen LogP contribution in [0.1, 0.15) is 1.43 Å². The zero-order chi connectivity index (χ0) is 5.91. The van der Waals surface area contributed by atoms with Crippen molar-refractivity contribution in [3.8, 4) is 0 Å². The van der Waals surface area contributed by atoms with Crippen LogP contribution in [0.4, 0.5) is 12.7 Å². The fourth-order valence-corrected chi connectivity index (χ4v) is 0.139. The molecule has 0 fully saturated rings. The van der Waals surface area contributed by atoms with Gasteiger partial charge in [0.25, 0.3) is 0 Å². The molecule has 0 rings (SSSR count). The van der Waals surface area contributed by atoms with E-state index in [0.717, 1.165) is 0 Å². The van der Waals surface area contributed by atoms with Crippen LogP contribution in [0.25, 0.3) is 0 Å². The normalized spacial score (nSPS) is 9.88. The first kappa shape index (κ1) is 11.4. The third kappa shape index (κ3) is 9.81. The van der Waals surface area contributed by atoms with Crippen LogP contribution in [0.2, 0.25) is 0 Å². The summed E-state index contributed by atoms with van der Waals surface area (Å²) in [4.78, 5) is 0. The van der Waals surface area contributed by atoms with Crippen molar-refractivity contribution in [1.29, 1.82) is 0 Å². The molecule has 0 aliphatic heterocycles. The molecule has 0 aromatic carbocycles. The maximum atomic E-state index is 10.8. The smallest absolute Gasteiger partial charge is 1.00 e. The van der Waals surface area contributed by atoms with Crippen LogP contribution in [-0.2, 0) is 9.01 Å². The van der Waals surface area contributed by atoms with Gasteiger partial charge in [-0.05, 0) is 0 Å². The van der Waals surface area contributed by atoms with E-state index in [9.17, 15) is 12.7 Å². The van der Waals surface area contributed by atoms with Crippen molar-refractivity contribution in [1.82, 2.24) is 0 Å². The average molecular weight is 139 g/mol. The Morgan fingerprint density at radius 3 is 2.00 bits per heavy atom. The van der Waals surface area contributed by atoms with Crippen LogP contribution < -0.4 is 18.9 Å². The summed E-state index contributed by atoms with van der Waals surface area (Å²) in [7, 11) is -6.40. The fraction of sp³-hybridized carbons (Fsp3) is 0. The molecule has 0 saturated carbocycles. The molecule has 1 radical (unpaired) electrons.